The molecule has 0 saturated heterocycles. The van der Waals surface area contributed by atoms with Gasteiger partial charge in [0.1, 0.15) is 5.69 Å². The number of benzene rings is 1. The monoisotopic (exact) mass is 229 g/mol. The third-order valence-electron chi connectivity index (χ3n) is 3.11. The van der Waals surface area contributed by atoms with Gasteiger partial charge in [-0.2, -0.15) is 0 Å². The molecule has 1 aromatic heterocycles. The van der Waals surface area contributed by atoms with E-state index < -0.39 is 0 Å². The average molecular weight is 229 g/mol. The van der Waals surface area contributed by atoms with Crippen LogP contribution in [-0.2, 0) is 6.42 Å². The molecule has 0 fully saturated rings. The van der Waals surface area contributed by atoms with Crippen LogP contribution in [0.2, 0.25) is 0 Å². The lowest BCUT2D eigenvalue weighted by molar-refractivity contribution is 0.436. The summed E-state index contributed by atoms with van der Waals surface area (Å²) in [5, 5.41) is 7.31. The molecular formula is C13H15N3O. The largest absolute Gasteiger partial charge is 0.378 e. The maximum absolute atomic E-state index is 5.27. The van der Waals surface area contributed by atoms with Crippen LogP contribution in [0.3, 0.4) is 0 Å². The molecule has 4 heteroatoms. The lowest BCUT2D eigenvalue weighted by Crippen LogP contribution is -2.07. The molecular weight excluding hydrogens is 214 g/mol. The fourth-order valence-electron chi connectivity index (χ4n) is 2.13. The van der Waals surface area contributed by atoms with E-state index in [0.717, 1.165) is 30.1 Å². The summed E-state index contributed by atoms with van der Waals surface area (Å²) < 4.78 is 5.27. The van der Waals surface area contributed by atoms with Crippen LogP contribution in [-0.4, -0.2) is 25.8 Å². The van der Waals surface area contributed by atoms with Gasteiger partial charge in [-0.15, -0.1) is 0 Å². The highest BCUT2D eigenvalue weighted by molar-refractivity contribution is 5.71. The molecule has 0 aliphatic carbocycles. The van der Waals surface area contributed by atoms with Crippen LogP contribution in [0.4, 0.5) is 11.6 Å². The van der Waals surface area contributed by atoms with Crippen molar-refractivity contribution >= 4 is 11.6 Å². The first-order valence-electron chi connectivity index (χ1n) is 5.76. The highest BCUT2D eigenvalue weighted by atomic mass is 16.5. The molecule has 0 spiro atoms. The molecule has 3 rings (SSSR count). The normalized spacial score (nSPS) is 13.3. The summed E-state index contributed by atoms with van der Waals surface area (Å²) in [6, 6.07) is 8.37. The Morgan fingerprint density at radius 2 is 2.00 bits per heavy atom. The third-order valence-corrected chi connectivity index (χ3v) is 3.11. The second kappa shape index (κ2) is 3.80. The first-order chi connectivity index (χ1) is 8.25. The minimum atomic E-state index is 0.830. The third kappa shape index (κ3) is 1.65. The number of nitrogens with one attached hydrogen (secondary N) is 1. The van der Waals surface area contributed by atoms with E-state index in [9.17, 15) is 0 Å². The number of rotatable bonds is 2. The zero-order valence-corrected chi connectivity index (χ0v) is 10.0. The van der Waals surface area contributed by atoms with Gasteiger partial charge in [-0.05, 0) is 18.6 Å². The number of nitrogens with zero attached hydrogens (tertiary/aromatic N) is 2. The summed E-state index contributed by atoms with van der Waals surface area (Å²) >= 11 is 0. The van der Waals surface area contributed by atoms with Crippen molar-refractivity contribution < 1.29 is 4.52 Å². The molecule has 0 amide bonds. The molecule has 88 valence electrons. The predicted octanol–water partition coefficient (Wildman–Crippen LogP) is 2.38. The zero-order chi connectivity index (χ0) is 11.8. The number of aromatic nitrogens is 1. The van der Waals surface area contributed by atoms with Gasteiger partial charge in [-0.3, -0.25) is 0 Å². The highest BCUT2D eigenvalue weighted by Gasteiger charge is 2.21. The summed E-state index contributed by atoms with van der Waals surface area (Å²) in [6.45, 7) is 0.944. The van der Waals surface area contributed by atoms with Crippen molar-refractivity contribution in [2.75, 3.05) is 30.9 Å². The minimum absolute atomic E-state index is 0.830. The Morgan fingerprint density at radius 1 is 1.24 bits per heavy atom. The second-order valence-corrected chi connectivity index (χ2v) is 4.46. The molecule has 0 unspecified atom stereocenters. The van der Waals surface area contributed by atoms with Crippen molar-refractivity contribution in [3.8, 4) is 11.3 Å². The average Bonchev–Trinajstić information content (AvgIpc) is 2.90. The second-order valence-electron chi connectivity index (χ2n) is 4.46. The van der Waals surface area contributed by atoms with Crippen LogP contribution in [0.1, 0.15) is 5.56 Å². The molecule has 1 aliphatic rings. The Kier molecular flexibility index (Phi) is 2.28. The van der Waals surface area contributed by atoms with Gasteiger partial charge in [0.15, 0.2) is 0 Å². The maximum atomic E-state index is 5.27. The van der Waals surface area contributed by atoms with Crippen LogP contribution < -0.4 is 10.2 Å². The van der Waals surface area contributed by atoms with Gasteiger partial charge in [0.2, 0.25) is 5.88 Å². The van der Waals surface area contributed by atoms with E-state index in [4.69, 9.17) is 4.52 Å². The van der Waals surface area contributed by atoms with Crippen molar-refractivity contribution in [1.29, 1.82) is 0 Å². The molecule has 2 aromatic rings. The number of fused-ring (bicyclic) bond motifs is 1. The lowest BCUT2D eigenvalue weighted by atomic mass is 10.1. The van der Waals surface area contributed by atoms with E-state index in [0.29, 0.717) is 0 Å². The molecule has 1 aliphatic heterocycles. The Labute approximate surface area is 100 Å². The molecule has 0 atom stereocenters. The van der Waals surface area contributed by atoms with Gasteiger partial charge >= 0.3 is 0 Å². The van der Waals surface area contributed by atoms with Crippen LogP contribution in [0.5, 0.6) is 0 Å². The van der Waals surface area contributed by atoms with Gasteiger partial charge in [0.05, 0.1) is 0 Å². The SMILES string of the molecule is CN(C)c1ccc(-c2noc3c2CCN3)cc1. The molecule has 17 heavy (non-hydrogen) atoms. The first kappa shape index (κ1) is 10.2. The molecule has 1 aromatic carbocycles. The van der Waals surface area contributed by atoms with Gasteiger partial charge in [0.25, 0.3) is 0 Å². The Morgan fingerprint density at radius 3 is 2.71 bits per heavy atom. The lowest BCUT2D eigenvalue weighted by Gasteiger charge is -2.12. The van der Waals surface area contributed by atoms with Crippen molar-refractivity contribution in [2.45, 2.75) is 6.42 Å². The van der Waals surface area contributed by atoms with E-state index in [1.807, 2.05) is 14.1 Å². The quantitative estimate of drug-likeness (QED) is 0.858. The maximum Gasteiger partial charge on any atom is 0.228 e. The predicted molar refractivity (Wildman–Crippen MR) is 68.5 cm³/mol. The van der Waals surface area contributed by atoms with Crippen LogP contribution in [0, 0.1) is 0 Å². The molecule has 4 nitrogen and oxygen atoms in total. The molecule has 0 saturated carbocycles. The topological polar surface area (TPSA) is 41.3 Å². The molecule has 2 heterocycles. The number of hydrogen-bond donors (Lipinski definition) is 1. The van der Waals surface area contributed by atoms with Crippen molar-refractivity contribution in [3.63, 3.8) is 0 Å². The standard InChI is InChI=1S/C13H15N3O/c1-16(2)10-5-3-9(4-6-10)12-11-7-8-14-13(11)17-15-12/h3-6,14H,7-8H2,1-2H3. The molecule has 1 N–H and O–H groups in total. The summed E-state index contributed by atoms with van der Waals surface area (Å²) in [5.74, 6) is 0.830. The first-order valence-corrected chi connectivity index (χ1v) is 5.76. The highest BCUT2D eigenvalue weighted by Crippen LogP contribution is 2.32. The summed E-state index contributed by atoms with van der Waals surface area (Å²) in [7, 11) is 4.07. The van der Waals surface area contributed by atoms with Gasteiger partial charge in [0, 0.05) is 37.5 Å². The van der Waals surface area contributed by atoms with E-state index in [2.05, 4.69) is 39.6 Å². The minimum Gasteiger partial charge on any atom is -0.378 e. The van der Waals surface area contributed by atoms with E-state index in [1.165, 1.54) is 11.3 Å². The van der Waals surface area contributed by atoms with Crippen LogP contribution >= 0.6 is 0 Å². The van der Waals surface area contributed by atoms with Crippen molar-refractivity contribution in [3.05, 3.63) is 29.8 Å². The smallest absolute Gasteiger partial charge is 0.228 e. The van der Waals surface area contributed by atoms with Crippen molar-refractivity contribution in [1.82, 2.24) is 5.16 Å². The van der Waals surface area contributed by atoms with Gasteiger partial charge < -0.3 is 14.7 Å². The number of hydrogen-bond acceptors (Lipinski definition) is 4. The fraction of sp³-hybridized carbons (Fsp3) is 0.308. The fourth-order valence-corrected chi connectivity index (χ4v) is 2.13. The van der Waals surface area contributed by atoms with Crippen LogP contribution in [0.15, 0.2) is 28.8 Å². The summed E-state index contributed by atoms with van der Waals surface area (Å²) in [6.07, 6.45) is 0.990. The van der Waals surface area contributed by atoms with E-state index in [-0.39, 0.29) is 0 Å². The summed E-state index contributed by atoms with van der Waals surface area (Å²) in [4.78, 5) is 2.08. The van der Waals surface area contributed by atoms with Gasteiger partial charge in [-0.25, -0.2) is 0 Å². The van der Waals surface area contributed by atoms with Gasteiger partial charge in [-0.1, -0.05) is 17.3 Å². The Bertz CT molecular complexity index is 528. The van der Waals surface area contributed by atoms with Crippen LogP contribution in [0.25, 0.3) is 11.3 Å². The zero-order valence-electron chi connectivity index (χ0n) is 10.0. The number of anilines is 2. The molecule has 0 bridgehead atoms. The molecule has 0 radical (unpaired) electrons. The van der Waals surface area contributed by atoms with E-state index >= 15 is 0 Å². The summed E-state index contributed by atoms with van der Waals surface area (Å²) in [5.41, 5.74) is 4.47. The Balaban J connectivity index is 1.98. The van der Waals surface area contributed by atoms with E-state index in [1.54, 1.807) is 0 Å². The van der Waals surface area contributed by atoms with Crippen molar-refractivity contribution in [2.24, 2.45) is 0 Å². The Hall–Kier alpha value is -1.97.